The molecule has 0 saturated carbocycles. The lowest BCUT2D eigenvalue weighted by molar-refractivity contribution is -0.138. The van der Waals surface area contributed by atoms with E-state index in [0.717, 1.165) is 6.07 Å². The summed E-state index contributed by atoms with van der Waals surface area (Å²) in [7, 11) is 0. The molecule has 0 radical (unpaired) electrons. The van der Waals surface area contributed by atoms with Crippen molar-refractivity contribution in [2.45, 2.75) is 38.3 Å². The van der Waals surface area contributed by atoms with Gasteiger partial charge in [-0.25, -0.2) is 0 Å². The highest BCUT2D eigenvalue weighted by Gasteiger charge is 2.33. The molecule has 3 N–H and O–H groups in total. The topological polar surface area (TPSA) is 78.8 Å². The van der Waals surface area contributed by atoms with Gasteiger partial charge in [0.2, 0.25) is 0 Å². The van der Waals surface area contributed by atoms with Gasteiger partial charge in [-0.15, -0.1) is 0 Å². The van der Waals surface area contributed by atoms with Gasteiger partial charge in [0, 0.05) is 16.8 Å². The molecule has 2 aromatic rings. The molecule has 0 fully saturated rings. The van der Waals surface area contributed by atoms with E-state index in [1.807, 2.05) is 0 Å². The Morgan fingerprint density at radius 2 is 1.90 bits per heavy atom. The van der Waals surface area contributed by atoms with E-state index in [0.29, 0.717) is 36.1 Å². The van der Waals surface area contributed by atoms with E-state index in [1.165, 1.54) is 36.4 Å². The number of halogens is 4. The summed E-state index contributed by atoms with van der Waals surface area (Å²) in [5.41, 5.74) is 0.157. The summed E-state index contributed by atoms with van der Waals surface area (Å²) in [6.45, 7) is -0.328. The van der Waals surface area contributed by atoms with E-state index in [1.54, 1.807) is 0 Å². The fourth-order valence-electron chi connectivity index (χ4n) is 3.29. The fourth-order valence-corrected chi connectivity index (χ4v) is 3.53. The number of rotatable bonds is 6. The average molecular weight is 442 g/mol. The normalized spacial score (nSPS) is 14.4. The number of hydrogen-bond donors (Lipinski definition) is 3. The van der Waals surface area contributed by atoms with Crippen LogP contribution in [0.1, 0.15) is 30.4 Å². The number of alkyl halides is 3. The first-order chi connectivity index (χ1) is 14.2. The van der Waals surface area contributed by atoms with E-state index in [-0.39, 0.29) is 22.9 Å². The van der Waals surface area contributed by atoms with Crippen LogP contribution in [0.3, 0.4) is 0 Å². The summed E-state index contributed by atoms with van der Waals surface area (Å²) in [6.07, 6.45) is -4.64. The first kappa shape index (κ1) is 22.1. The first-order valence-corrected chi connectivity index (χ1v) is 9.51. The quantitative estimate of drug-likeness (QED) is 0.569. The van der Waals surface area contributed by atoms with Gasteiger partial charge >= 0.3 is 6.18 Å². The van der Waals surface area contributed by atoms with Crippen molar-refractivity contribution in [3.8, 4) is 5.75 Å². The summed E-state index contributed by atoms with van der Waals surface area (Å²) in [5, 5.41) is 21.4. The lowest BCUT2D eigenvalue weighted by atomic mass is 10.1. The maximum absolute atomic E-state index is 13.1. The molecule has 0 aliphatic heterocycles. The monoisotopic (exact) mass is 441 g/mol. The minimum atomic E-state index is -4.49. The second kappa shape index (κ2) is 9.07. The molecule has 0 heterocycles. The third kappa shape index (κ3) is 5.13. The Morgan fingerprint density at radius 3 is 2.57 bits per heavy atom. The number of ether oxygens (including phenoxy) is 1. The summed E-state index contributed by atoms with van der Waals surface area (Å²) < 4.78 is 44.7. The van der Waals surface area contributed by atoms with Crippen molar-refractivity contribution < 1.29 is 32.9 Å². The lowest BCUT2D eigenvalue weighted by Crippen LogP contribution is -2.18. The predicted molar refractivity (Wildman–Crippen MR) is 105 cm³/mol. The van der Waals surface area contributed by atoms with Crippen LogP contribution in [0, 0.1) is 0 Å². The Morgan fingerprint density at radius 1 is 1.17 bits per heavy atom. The van der Waals surface area contributed by atoms with Crippen LogP contribution in [0.5, 0.6) is 5.75 Å². The Balaban J connectivity index is 1.70. The van der Waals surface area contributed by atoms with Crippen molar-refractivity contribution in [3.63, 3.8) is 0 Å². The summed E-state index contributed by atoms with van der Waals surface area (Å²) in [5.74, 6) is -0.294. The molecule has 0 aromatic heterocycles. The molecule has 1 aliphatic rings. The highest BCUT2D eigenvalue weighted by molar-refractivity contribution is 6.32. The van der Waals surface area contributed by atoms with Gasteiger partial charge in [0.05, 0.1) is 10.6 Å². The van der Waals surface area contributed by atoms with Crippen molar-refractivity contribution in [1.82, 2.24) is 0 Å². The number of carbonyl (C=O) groups excluding carboxylic acids is 1. The molecule has 0 unspecified atom stereocenters. The molecule has 2 aromatic carbocycles. The molecular formula is C21H19ClF3NO4. The van der Waals surface area contributed by atoms with E-state index >= 15 is 0 Å². The fraction of sp³-hybridized carbons (Fsp3) is 0.286. The number of benzene rings is 2. The third-order valence-corrected chi connectivity index (χ3v) is 5.04. The summed E-state index contributed by atoms with van der Waals surface area (Å²) >= 11 is 6.16. The van der Waals surface area contributed by atoms with E-state index in [2.05, 4.69) is 5.32 Å². The van der Waals surface area contributed by atoms with Crippen molar-refractivity contribution in [2.24, 2.45) is 0 Å². The van der Waals surface area contributed by atoms with Gasteiger partial charge in [-0.2, -0.15) is 13.2 Å². The van der Waals surface area contributed by atoms with Gasteiger partial charge in [0.15, 0.2) is 6.29 Å². The lowest BCUT2D eigenvalue weighted by Gasteiger charge is -2.15. The largest absolute Gasteiger partial charge is 0.487 e. The molecule has 3 rings (SSSR count). The Labute approximate surface area is 175 Å². The molecular weight excluding hydrogens is 423 g/mol. The molecule has 0 bridgehead atoms. The van der Waals surface area contributed by atoms with Gasteiger partial charge in [0.25, 0.3) is 5.91 Å². The average Bonchev–Trinajstić information content (AvgIpc) is 3.17. The maximum atomic E-state index is 13.1. The molecule has 160 valence electrons. The maximum Gasteiger partial charge on any atom is 0.416 e. The predicted octanol–water partition coefficient (Wildman–Crippen LogP) is 4.67. The van der Waals surface area contributed by atoms with Crippen molar-refractivity contribution in [2.75, 3.05) is 5.32 Å². The number of hydrogen-bond acceptors (Lipinski definition) is 4. The second-order valence-electron chi connectivity index (χ2n) is 6.77. The molecule has 30 heavy (non-hydrogen) atoms. The van der Waals surface area contributed by atoms with Crippen LogP contribution in [0.25, 0.3) is 0 Å². The number of carbonyl (C=O) groups is 1. The standard InChI is InChI=1S/C21H19ClF3NO4/c22-17-10-13(26-19(27)14-5-3-6-15(14)20(28)29)8-9-18(17)30-11-12-4-1-2-7-16(12)21(23,24)25/h1-2,4,7-10,20,28-29H,3,5-6,11H2,(H,26,27). The first-order valence-electron chi connectivity index (χ1n) is 9.13. The minimum Gasteiger partial charge on any atom is -0.487 e. The van der Waals surface area contributed by atoms with Crippen LogP contribution in [-0.2, 0) is 17.6 Å². The Hall–Kier alpha value is -2.55. The van der Waals surface area contributed by atoms with E-state index in [9.17, 15) is 28.2 Å². The number of aliphatic hydroxyl groups is 2. The van der Waals surface area contributed by atoms with Crippen molar-refractivity contribution in [3.05, 3.63) is 69.8 Å². The number of aliphatic hydroxyl groups excluding tert-OH is 1. The Bertz CT molecular complexity index is 973. The van der Waals surface area contributed by atoms with Gasteiger partial charge in [-0.05, 0) is 49.1 Å². The van der Waals surface area contributed by atoms with Gasteiger partial charge in [0.1, 0.15) is 12.4 Å². The molecule has 1 aliphatic carbocycles. The summed E-state index contributed by atoms with van der Waals surface area (Å²) in [6, 6.07) is 9.45. The van der Waals surface area contributed by atoms with Gasteiger partial charge in [-0.1, -0.05) is 29.8 Å². The van der Waals surface area contributed by atoms with Crippen LogP contribution in [-0.4, -0.2) is 22.4 Å². The molecule has 9 heteroatoms. The van der Waals surface area contributed by atoms with Crippen LogP contribution >= 0.6 is 11.6 Å². The van der Waals surface area contributed by atoms with Gasteiger partial charge < -0.3 is 20.3 Å². The zero-order valence-electron chi connectivity index (χ0n) is 15.7. The zero-order chi connectivity index (χ0) is 21.9. The number of anilines is 1. The molecule has 0 saturated heterocycles. The van der Waals surface area contributed by atoms with Crippen molar-refractivity contribution in [1.29, 1.82) is 0 Å². The molecule has 0 atom stereocenters. The highest BCUT2D eigenvalue weighted by atomic mass is 35.5. The Kier molecular flexibility index (Phi) is 6.70. The third-order valence-electron chi connectivity index (χ3n) is 4.74. The summed E-state index contributed by atoms with van der Waals surface area (Å²) in [4.78, 5) is 12.4. The van der Waals surface area contributed by atoms with Crippen molar-refractivity contribution >= 4 is 23.2 Å². The molecule has 0 spiro atoms. The van der Waals surface area contributed by atoms with Crippen LogP contribution < -0.4 is 10.1 Å². The van der Waals surface area contributed by atoms with Crippen LogP contribution in [0.4, 0.5) is 18.9 Å². The number of amides is 1. The second-order valence-corrected chi connectivity index (χ2v) is 7.18. The SMILES string of the molecule is O=C(Nc1ccc(OCc2ccccc2C(F)(F)F)c(Cl)c1)C1=C(C(O)O)CCC1. The highest BCUT2D eigenvalue weighted by Crippen LogP contribution is 2.34. The minimum absolute atomic E-state index is 0.0262. The molecule has 1 amide bonds. The zero-order valence-corrected chi connectivity index (χ0v) is 16.4. The van der Waals surface area contributed by atoms with Gasteiger partial charge in [-0.3, -0.25) is 4.79 Å². The smallest absolute Gasteiger partial charge is 0.416 e. The van der Waals surface area contributed by atoms with Crippen LogP contribution in [0.15, 0.2) is 53.6 Å². The van der Waals surface area contributed by atoms with E-state index in [4.69, 9.17) is 16.3 Å². The molecule has 5 nitrogen and oxygen atoms in total. The van der Waals surface area contributed by atoms with Crippen LogP contribution in [0.2, 0.25) is 5.02 Å². The van der Waals surface area contributed by atoms with E-state index < -0.39 is 23.9 Å². The number of nitrogens with one attached hydrogen (secondary N) is 1.